The van der Waals surface area contributed by atoms with E-state index in [0.717, 1.165) is 22.4 Å². The average Bonchev–Trinajstić information content (AvgIpc) is 3.17. The molecule has 0 bridgehead atoms. The Morgan fingerprint density at radius 3 is 2.60 bits per heavy atom. The molecule has 3 rings (SSSR count). The van der Waals surface area contributed by atoms with Crippen molar-refractivity contribution in [3.8, 4) is 5.75 Å². The summed E-state index contributed by atoms with van der Waals surface area (Å²) in [5.41, 5.74) is 5.70. The Morgan fingerprint density at radius 1 is 1.07 bits per heavy atom. The fourth-order valence-electron chi connectivity index (χ4n) is 2.88. The normalized spacial score (nSPS) is 11.9. The van der Waals surface area contributed by atoms with Gasteiger partial charge in [0, 0.05) is 0 Å². The largest absolute Gasteiger partial charge is 0.484 e. The summed E-state index contributed by atoms with van der Waals surface area (Å²) in [4.78, 5) is 12.3. The van der Waals surface area contributed by atoms with Gasteiger partial charge >= 0.3 is 0 Å². The second-order valence-corrected chi connectivity index (χ2v) is 8.37. The molecule has 0 saturated heterocycles. The summed E-state index contributed by atoms with van der Waals surface area (Å²) in [5, 5.41) is 11.3. The lowest BCUT2D eigenvalue weighted by atomic mass is 10.0. The van der Waals surface area contributed by atoms with Crippen LogP contribution in [0.4, 0.5) is 0 Å². The molecule has 0 aliphatic rings. The summed E-state index contributed by atoms with van der Waals surface area (Å²) < 4.78 is 11.4. The van der Waals surface area contributed by atoms with Gasteiger partial charge in [0.25, 0.3) is 11.1 Å². The Hall–Kier alpha value is -2.80. The van der Waals surface area contributed by atoms with Crippen LogP contribution in [0.25, 0.3) is 0 Å². The lowest BCUT2D eigenvalue weighted by molar-refractivity contribution is -0.119. The molecule has 1 unspecified atom stereocenters. The maximum absolute atomic E-state index is 12.3. The summed E-state index contributed by atoms with van der Waals surface area (Å²) in [6.45, 7) is 10.3. The van der Waals surface area contributed by atoms with Crippen molar-refractivity contribution >= 4 is 17.7 Å². The van der Waals surface area contributed by atoms with Crippen LogP contribution in [0.1, 0.15) is 46.7 Å². The summed E-state index contributed by atoms with van der Waals surface area (Å²) in [5.74, 6) is 1.29. The molecule has 1 atom stereocenters. The number of thioether (sulfide) groups is 1. The first-order valence-corrected chi connectivity index (χ1v) is 10.8. The highest BCUT2D eigenvalue weighted by molar-refractivity contribution is 7.99. The Morgan fingerprint density at radius 2 is 1.83 bits per heavy atom. The molecule has 2 aromatic carbocycles. The van der Waals surface area contributed by atoms with Gasteiger partial charge < -0.3 is 14.5 Å². The SMILES string of the molecule is Cc1ccc(C)c(OCc2nnc(SCC(=O)NC(C)c3ccc(C)c(C)c3)o2)c1. The molecule has 1 aromatic heterocycles. The van der Waals surface area contributed by atoms with Crippen molar-refractivity contribution in [1.82, 2.24) is 15.5 Å². The highest BCUT2D eigenvalue weighted by Crippen LogP contribution is 2.22. The van der Waals surface area contributed by atoms with Gasteiger partial charge in [0.05, 0.1) is 11.8 Å². The van der Waals surface area contributed by atoms with Crippen LogP contribution in [0.5, 0.6) is 5.75 Å². The van der Waals surface area contributed by atoms with Crippen molar-refractivity contribution in [2.24, 2.45) is 0 Å². The molecule has 0 fully saturated rings. The van der Waals surface area contributed by atoms with Crippen LogP contribution in [0.15, 0.2) is 46.0 Å². The highest BCUT2D eigenvalue weighted by atomic mass is 32.2. The van der Waals surface area contributed by atoms with Gasteiger partial charge in [0.2, 0.25) is 5.91 Å². The molecule has 0 aliphatic heterocycles. The van der Waals surface area contributed by atoms with Gasteiger partial charge in [-0.1, -0.05) is 42.1 Å². The van der Waals surface area contributed by atoms with Crippen molar-refractivity contribution in [3.05, 3.63) is 70.1 Å². The van der Waals surface area contributed by atoms with Gasteiger partial charge in [0.15, 0.2) is 6.61 Å². The quantitative estimate of drug-likeness (QED) is 0.520. The van der Waals surface area contributed by atoms with Crippen molar-refractivity contribution in [2.45, 2.75) is 52.5 Å². The molecule has 0 aliphatic carbocycles. The van der Waals surface area contributed by atoms with E-state index in [1.165, 1.54) is 22.9 Å². The minimum Gasteiger partial charge on any atom is -0.484 e. The van der Waals surface area contributed by atoms with Crippen LogP contribution < -0.4 is 10.1 Å². The number of carbonyl (C=O) groups excluding carboxylic acids is 1. The molecule has 7 heteroatoms. The molecule has 158 valence electrons. The molecular formula is C23H27N3O3S. The number of benzene rings is 2. The van der Waals surface area contributed by atoms with E-state index in [4.69, 9.17) is 9.15 Å². The zero-order valence-electron chi connectivity index (χ0n) is 18.0. The topological polar surface area (TPSA) is 77.2 Å². The van der Waals surface area contributed by atoms with Gasteiger partial charge in [0.1, 0.15) is 5.75 Å². The van der Waals surface area contributed by atoms with Gasteiger partial charge in [-0.2, -0.15) is 0 Å². The molecule has 1 heterocycles. The second-order valence-electron chi connectivity index (χ2n) is 7.44. The standard InChI is InChI=1S/C23H27N3O3S/c1-14-6-7-16(3)20(10-14)28-12-22-25-26-23(29-22)30-13-21(27)24-18(5)19-9-8-15(2)17(4)11-19/h6-11,18H,12-13H2,1-5H3,(H,24,27). The van der Waals surface area contributed by atoms with E-state index in [1.54, 1.807) is 0 Å². The van der Waals surface area contributed by atoms with E-state index in [-0.39, 0.29) is 24.3 Å². The number of hydrogen-bond donors (Lipinski definition) is 1. The van der Waals surface area contributed by atoms with Crippen molar-refractivity contribution in [1.29, 1.82) is 0 Å². The van der Waals surface area contributed by atoms with Gasteiger partial charge in [-0.3, -0.25) is 4.79 Å². The summed E-state index contributed by atoms with van der Waals surface area (Å²) in [6, 6.07) is 12.2. The van der Waals surface area contributed by atoms with E-state index < -0.39 is 0 Å². The van der Waals surface area contributed by atoms with E-state index in [9.17, 15) is 4.79 Å². The van der Waals surface area contributed by atoms with E-state index >= 15 is 0 Å². The maximum atomic E-state index is 12.3. The lowest BCUT2D eigenvalue weighted by Crippen LogP contribution is -2.28. The van der Waals surface area contributed by atoms with E-state index in [2.05, 4.69) is 41.5 Å². The van der Waals surface area contributed by atoms with E-state index in [1.807, 2.05) is 45.0 Å². The number of nitrogens with one attached hydrogen (secondary N) is 1. The number of aromatic nitrogens is 2. The fraction of sp³-hybridized carbons (Fsp3) is 0.348. The fourth-order valence-corrected chi connectivity index (χ4v) is 3.48. The minimum absolute atomic E-state index is 0.0679. The van der Waals surface area contributed by atoms with Gasteiger partial charge in [-0.25, -0.2) is 0 Å². The van der Waals surface area contributed by atoms with Crippen LogP contribution in [0.2, 0.25) is 0 Å². The van der Waals surface area contributed by atoms with Crippen molar-refractivity contribution in [3.63, 3.8) is 0 Å². The highest BCUT2D eigenvalue weighted by Gasteiger charge is 2.14. The maximum Gasteiger partial charge on any atom is 0.277 e. The Labute approximate surface area is 181 Å². The first-order valence-electron chi connectivity index (χ1n) is 9.83. The van der Waals surface area contributed by atoms with Crippen LogP contribution in [0.3, 0.4) is 0 Å². The molecule has 0 saturated carbocycles. The molecule has 1 N–H and O–H groups in total. The molecule has 0 spiro atoms. The third kappa shape index (κ3) is 5.86. The van der Waals surface area contributed by atoms with E-state index in [0.29, 0.717) is 11.1 Å². The molecule has 6 nitrogen and oxygen atoms in total. The number of amides is 1. The Balaban J connectivity index is 1.48. The number of nitrogens with zero attached hydrogens (tertiary/aromatic N) is 2. The molecule has 0 radical (unpaired) electrons. The molecule has 3 aromatic rings. The molecule has 1 amide bonds. The number of carbonyl (C=O) groups is 1. The number of hydrogen-bond acceptors (Lipinski definition) is 6. The number of ether oxygens (including phenoxy) is 1. The summed E-state index contributed by atoms with van der Waals surface area (Å²) in [6.07, 6.45) is 0. The molecular weight excluding hydrogens is 398 g/mol. The Bertz CT molecular complexity index is 1030. The van der Waals surface area contributed by atoms with Crippen LogP contribution in [0, 0.1) is 27.7 Å². The van der Waals surface area contributed by atoms with Crippen LogP contribution in [-0.4, -0.2) is 21.9 Å². The van der Waals surface area contributed by atoms with Gasteiger partial charge in [-0.05, 0) is 68.5 Å². The van der Waals surface area contributed by atoms with Crippen LogP contribution >= 0.6 is 11.8 Å². The van der Waals surface area contributed by atoms with Crippen molar-refractivity contribution in [2.75, 3.05) is 5.75 Å². The zero-order chi connectivity index (χ0) is 21.7. The first-order chi connectivity index (χ1) is 14.3. The summed E-state index contributed by atoms with van der Waals surface area (Å²) in [7, 11) is 0. The monoisotopic (exact) mass is 425 g/mol. The first kappa shape index (κ1) is 21.9. The Kier molecular flexibility index (Phi) is 7.15. The zero-order valence-corrected chi connectivity index (χ0v) is 18.8. The predicted octanol–water partition coefficient (Wildman–Crippen LogP) is 4.85. The van der Waals surface area contributed by atoms with Crippen molar-refractivity contribution < 1.29 is 13.9 Å². The number of aryl methyl sites for hydroxylation is 4. The van der Waals surface area contributed by atoms with Crippen LogP contribution in [-0.2, 0) is 11.4 Å². The lowest BCUT2D eigenvalue weighted by Gasteiger charge is -2.15. The summed E-state index contributed by atoms with van der Waals surface area (Å²) >= 11 is 1.21. The second kappa shape index (κ2) is 9.80. The minimum atomic E-state index is -0.0860. The molecule has 30 heavy (non-hydrogen) atoms. The van der Waals surface area contributed by atoms with Gasteiger partial charge in [-0.15, -0.1) is 10.2 Å². The number of rotatable bonds is 8. The predicted molar refractivity (Wildman–Crippen MR) is 118 cm³/mol. The third-order valence-electron chi connectivity index (χ3n) is 4.88. The average molecular weight is 426 g/mol. The smallest absolute Gasteiger partial charge is 0.277 e. The third-order valence-corrected chi connectivity index (χ3v) is 5.70.